The van der Waals surface area contributed by atoms with Crippen LogP contribution in [-0.4, -0.2) is 64.2 Å². The lowest BCUT2D eigenvalue weighted by molar-refractivity contribution is -0.305. The van der Waals surface area contributed by atoms with Crippen LogP contribution in [0.4, 0.5) is 0 Å². The van der Waals surface area contributed by atoms with E-state index in [1.54, 1.807) is 0 Å². The molecular weight excluding hydrogens is 272 g/mol. The third-order valence-corrected chi connectivity index (χ3v) is 2.85. The fraction of sp³-hybridized carbons (Fsp3) is 0.636. The van der Waals surface area contributed by atoms with Crippen molar-refractivity contribution in [1.82, 2.24) is 5.32 Å². The van der Waals surface area contributed by atoms with Gasteiger partial charge >= 0.3 is 0 Å². The number of nitrogens with two attached hydrogens (primary N) is 1. The second-order valence-electron chi connectivity index (χ2n) is 4.41. The highest BCUT2D eigenvalue weighted by Crippen LogP contribution is 2.22. The molecule has 9 nitrogen and oxygen atoms in total. The number of aliphatic hydroxyl groups is 3. The summed E-state index contributed by atoms with van der Waals surface area (Å²) >= 11 is 0. The predicted molar refractivity (Wildman–Crippen MR) is 62.6 cm³/mol. The normalized spacial score (nSPS) is 28.9. The van der Waals surface area contributed by atoms with Gasteiger partial charge in [0.25, 0.3) is 0 Å². The first-order valence-electron chi connectivity index (χ1n) is 5.89. The number of rotatable bonds is 5. The summed E-state index contributed by atoms with van der Waals surface area (Å²) in [6.07, 6.45) is -4.98. The molecule has 0 radical (unpaired) electrons. The van der Waals surface area contributed by atoms with E-state index in [2.05, 4.69) is 5.32 Å². The average molecular weight is 289 g/mol. The molecule has 1 aliphatic heterocycles. The zero-order chi connectivity index (χ0) is 15.4. The number of hydrogen-bond donors (Lipinski definition) is 5. The third kappa shape index (κ3) is 3.67. The highest BCUT2D eigenvalue weighted by atomic mass is 16.5. The molecule has 0 aromatic heterocycles. The van der Waals surface area contributed by atoms with E-state index >= 15 is 0 Å². The number of carboxylic acid groups (broad SMARTS) is 1. The van der Waals surface area contributed by atoms with Crippen LogP contribution in [0.3, 0.4) is 0 Å². The van der Waals surface area contributed by atoms with Crippen molar-refractivity contribution in [1.29, 1.82) is 0 Å². The first-order valence-corrected chi connectivity index (χ1v) is 5.89. The van der Waals surface area contributed by atoms with Gasteiger partial charge in [-0.3, -0.25) is 4.79 Å². The van der Waals surface area contributed by atoms with Gasteiger partial charge in [-0.1, -0.05) is 0 Å². The maximum atomic E-state index is 11.1. The van der Waals surface area contributed by atoms with Crippen LogP contribution in [0, 0.1) is 0 Å². The highest BCUT2D eigenvalue weighted by Gasteiger charge is 2.41. The quantitative estimate of drug-likeness (QED) is 0.338. The zero-order valence-electron chi connectivity index (χ0n) is 10.7. The molecule has 1 aliphatic rings. The van der Waals surface area contributed by atoms with Crippen molar-refractivity contribution in [2.45, 2.75) is 37.4 Å². The summed E-state index contributed by atoms with van der Waals surface area (Å²) in [4.78, 5) is 21.8. The van der Waals surface area contributed by atoms with Gasteiger partial charge in [-0.05, 0) is 6.08 Å². The molecule has 0 bridgehead atoms. The number of carbonyl (C=O) groups excluding carboxylic acids is 2. The Labute approximate surface area is 114 Å². The summed E-state index contributed by atoms with van der Waals surface area (Å²) in [5.74, 6) is -2.90. The molecule has 20 heavy (non-hydrogen) atoms. The summed E-state index contributed by atoms with van der Waals surface area (Å²) in [6, 6.07) is -1.13. The van der Waals surface area contributed by atoms with Crippen LogP contribution in [0.15, 0.2) is 11.8 Å². The molecule has 114 valence electrons. The van der Waals surface area contributed by atoms with Gasteiger partial charge < -0.3 is 41.0 Å². The lowest BCUT2D eigenvalue weighted by atomic mass is 9.93. The van der Waals surface area contributed by atoms with Gasteiger partial charge in [0.1, 0.15) is 17.8 Å². The summed E-state index contributed by atoms with van der Waals surface area (Å²) in [5.41, 5.74) is 5.20. The minimum absolute atomic E-state index is 0.311. The summed E-state index contributed by atoms with van der Waals surface area (Å²) < 4.78 is 4.98. The fourth-order valence-electron chi connectivity index (χ4n) is 1.87. The van der Waals surface area contributed by atoms with E-state index in [0.717, 1.165) is 6.08 Å². The van der Waals surface area contributed by atoms with Gasteiger partial charge in [-0.25, -0.2) is 0 Å². The topological polar surface area (TPSA) is 165 Å². The number of amides is 1. The van der Waals surface area contributed by atoms with Crippen molar-refractivity contribution in [3.05, 3.63) is 11.8 Å². The number of carbonyl (C=O) groups is 2. The minimum atomic E-state index is -1.69. The Morgan fingerprint density at radius 3 is 2.60 bits per heavy atom. The minimum Gasteiger partial charge on any atom is -0.542 e. The number of nitrogens with one attached hydrogen (secondary N) is 1. The van der Waals surface area contributed by atoms with Gasteiger partial charge in [0, 0.05) is 13.5 Å². The maximum absolute atomic E-state index is 11.1. The van der Waals surface area contributed by atoms with E-state index < -0.39 is 48.1 Å². The van der Waals surface area contributed by atoms with Gasteiger partial charge in [0.05, 0.1) is 18.2 Å². The van der Waals surface area contributed by atoms with E-state index in [1.807, 2.05) is 0 Å². The van der Waals surface area contributed by atoms with Gasteiger partial charge in [-0.2, -0.15) is 0 Å². The van der Waals surface area contributed by atoms with Crippen molar-refractivity contribution in [3.8, 4) is 0 Å². The van der Waals surface area contributed by atoms with E-state index in [1.165, 1.54) is 6.92 Å². The fourth-order valence-corrected chi connectivity index (χ4v) is 1.87. The molecule has 0 saturated heterocycles. The van der Waals surface area contributed by atoms with Crippen molar-refractivity contribution < 1.29 is 34.8 Å². The lowest BCUT2D eigenvalue weighted by Crippen LogP contribution is -2.60. The standard InChI is InChI=1S/C11H18N2O7/c1-4(14)13-8-5(15)2-7(11(18)19)20-10(8)9(17)6(16)3-12/h2,5-6,8-10,15-17H,3,12H2,1H3,(H,13,14)(H,18,19)/p-1/t5-,6-,8-,9-,10?/m1/s1. The average Bonchev–Trinajstić information content (AvgIpc) is 2.38. The molecule has 0 aromatic carbocycles. The smallest absolute Gasteiger partial charge is 0.217 e. The SMILES string of the molecule is CC(=O)N[C@H]1C([C@H](O)[C@H](O)CN)OC(C(=O)[O-])=C[C@H]1O. The monoisotopic (exact) mass is 289 g/mol. The van der Waals surface area contributed by atoms with Crippen LogP contribution in [-0.2, 0) is 14.3 Å². The van der Waals surface area contributed by atoms with Gasteiger partial charge in [-0.15, -0.1) is 0 Å². The maximum Gasteiger partial charge on any atom is 0.217 e. The number of ether oxygens (including phenoxy) is 1. The van der Waals surface area contributed by atoms with E-state index in [0.29, 0.717) is 0 Å². The molecule has 6 N–H and O–H groups in total. The molecule has 1 unspecified atom stereocenters. The molecule has 5 atom stereocenters. The Morgan fingerprint density at radius 1 is 1.55 bits per heavy atom. The zero-order valence-corrected chi connectivity index (χ0v) is 10.7. The Morgan fingerprint density at radius 2 is 2.15 bits per heavy atom. The number of carboxylic acids is 1. The van der Waals surface area contributed by atoms with Crippen molar-refractivity contribution in [2.75, 3.05) is 6.54 Å². The Balaban J connectivity index is 3.04. The van der Waals surface area contributed by atoms with Crippen LogP contribution >= 0.6 is 0 Å². The molecule has 0 saturated carbocycles. The Hall–Kier alpha value is -1.68. The first-order chi connectivity index (χ1) is 9.27. The highest BCUT2D eigenvalue weighted by molar-refractivity contribution is 5.82. The number of aliphatic hydroxyl groups excluding tert-OH is 3. The van der Waals surface area contributed by atoms with Crippen LogP contribution in [0.25, 0.3) is 0 Å². The van der Waals surface area contributed by atoms with Crippen LogP contribution in [0.2, 0.25) is 0 Å². The van der Waals surface area contributed by atoms with Crippen molar-refractivity contribution in [2.24, 2.45) is 5.73 Å². The van der Waals surface area contributed by atoms with Gasteiger partial charge in [0.15, 0.2) is 6.10 Å². The van der Waals surface area contributed by atoms with Gasteiger partial charge in [0.2, 0.25) is 5.91 Å². The summed E-state index contributed by atoms with van der Waals surface area (Å²) in [6.45, 7) is 0.863. The second-order valence-corrected chi connectivity index (χ2v) is 4.41. The van der Waals surface area contributed by atoms with Crippen molar-refractivity contribution >= 4 is 11.9 Å². The second kappa shape index (κ2) is 6.66. The van der Waals surface area contributed by atoms with Crippen LogP contribution in [0.1, 0.15) is 6.92 Å². The molecule has 0 fully saturated rings. The molecule has 1 rings (SSSR count). The largest absolute Gasteiger partial charge is 0.542 e. The Kier molecular flexibility index (Phi) is 5.45. The van der Waals surface area contributed by atoms with Crippen LogP contribution in [0.5, 0.6) is 0 Å². The van der Waals surface area contributed by atoms with Crippen LogP contribution < -0.4 is 16.2 Å². The first kappa shape index (κ1) is 16.4. The summed E-state index contributed by atoms with van der Waals surface area (Å²) in [5, 5.41) is 42.3. The molecule has 1 amide bonds. The molecule has 1 heterocycles. The third-order valence-electron chi connectivity index (χ3n) is 2.85. The lowest BCUT2D eigenvalue weighted by Gasteiger charge is -2.39. The molecule has 0 aliphatic carbocycles. The van der Waals surface area contributed by atoms with Crippen molar-refractivity contribution in [3.63, 3.8) is 0 Å². The molecule has 0 spiro atoms. The van der Waals surface area contributed by atoms with E-state index in [4.69, 9.17) is 10.5 Å². The Bertz CT molecular complexity index is 412. The summed E-state index contributed by atoms with van der Waals surface area (Å²) in [7, 11) is 0. The molecular formula is C11H17N2O7-. The van der Waals surface area contributed by atoms with E-state index in [9.17, 15) is 30.0 Å². The molecule has 9 heteroatoms. The van der Waals surface area contributed by atoms with E-state index in [-0.39, 0.29) is 6.54 Å². The predicted octanol–water partition coefficient (Wildman–Crippen LogP) is -4.43. The number of aliphatic carboxylic acids is 1. The molecule has 0 aromatic rings. The number of hydrogen-bond acceptors (Lipinski definition) is 8.